The van der Waals surface area contributed by atoms with Gasteiger partial charge in [0.15, 0.2) is 6.10 Å². The first-order valence-corrected chi connectivity index (χ1v) is 9.15. The second-order valence-corrected chi connectivity index (χ2v) is 6.79. The van der Waals surface area contributed by atoms with Crippen molar-refractivity contribution in [2.24, 2.45) is 0 Å². The predicted octanol–water partition coefficient (Wildman–Crippen LogP) is 4.47. The van der Waals surface area contributed by atoms with Crippen LogP contribution in [0.4, 0.5) is 0 Å². The molecule has 0 radical (unpaired) electrons. The monoisotopic (exact) mass is 371 g/mol. The van der Waals surface area contributed by atoms with Crippen molar-refractivity contribution in [2.45, 2.75) is 45.8 Å². The van der Waals surface area contributed by atoms with E-state index in [1.54, 1.807) is 21.1 Å². The Morgan fingerprint density at radius 3 is 2.22 bits per heavy atom. The minimum Gasteiger partial charge on any atom is -0.497 e. The molecule has 1 amide bonds. The van der Waals surface area contributed by atoms with Gasteiger partial charge in [-0.1, -0.05) is 32.0 Å². The van der Waals surface area contributed by atoms with Crippen LogP contribution >= 0.6 is 0 Å². The highest BCUT2D eigenvalue weighted by molar-refractivity contribution is 5.81. The van der Waals surface area contributed by atoms with Crippen LogP contribution in [0.15, 0.2) is 42.5 Å². The fraction of sp³-hybridized carbons (Fsp3) is 0.409. The van der Waals surface area contributed by atoms with E-state index in [1.165, 1.54) is 0 Å². The molecule has 0 saturated heterocycles. The third-order valence-electron chi connectivity index (χ3n) is 4.48. The lowest BCUT2D eigenvalue weighted by molar-refractivity contribution is -0.127. The zero-order chi connectivity index (χ0) is 20.0. The van der Waals surface area contributed by atoms with Gasteiger partial charge < -0.3 is 19.5 Å². The average Bonchev–Trinajstić information content (AvgIpc) is 2.67. The summed E-state index contributed by atoms with van der Waals surface area (Å²) in [5.41, 5.74) is 1.93. The molecule has 0 bridgehead atoms. The summed E-state index contributed by atoms with van der Waals surface area (Å²) in [7, 11) is 3.21. The van der Waals surface area contributed by atoms with E-state index in [-0.39, 0.29) is 11.9 Å². The Labute approximate surface area is 161 Å². The van der Waals surface area contributed by atoms with Gasteiger partial charge in [-0.2, -0.15) is 0 Å². The zero-order valence-electron chi connectivity index (χ0n) is 16.9. The lowest BCUT2D eigenvalue weighted by Crippen LogP contribution is -2.38. The maximum atomic E-state index is 12.7. The van der Waals surface area contributed by atoms with Crippen molar-refractivity contribution in [3.63, 3.8) is 0 Å². The van der Waals surface area contributed by atoms with Crippen molar-refractivity contribution < 1.29 is 19.0 Å². The fourth-order valence-corrected chi connectivity index (χ4v) is 2.90. The average molecular weight is 371 g/mol. The third-order valence-corrected chi connectivity index (χ3v) is 4.48. The standard InChI is InChI=1S/C22H29NO4/c1-14(2)18-9-7-8-10-21(18)27-16(4)22(24)23-15(3)19-13-17(25-5)11-12-20(19)26-6/h7-16H,1-6H3,(H,23,24)/t15-,16+/m0/s1. The quantitative estimate of drug-likeness (QED) is 0.744. The van der Waals surface area contributed by atoms with Crippen LogP contribution in [-0.4, -0.2) is 26.2 Å². The third kappa shape index (κ3) is 5.16. The normalized spacial score (nSPS) is 13.0. The van der Waals surface area contributed by atoms with Crippen LogP contribution in [0.2, 0.25) is 0 Å². The Balaban J connectivity index is 2.10. The Hall–Kier alpha value is -2.69. The van der Waals surface area contributed by atoms with Gasteiger partial charge in [-0.05, 0) is 49.6 Å². The maximum absolute atomic E-state index is 12.7. The Morgan fingerprint density at radius 1 is 0.889 bits per heavy atom. The summed E-state index contributed by atoms with van der Waals surface area (Å²) in [6, 6.07) is 13.1. The molecule has 0 aliphatic heterocycles. The van der Waals surface area contributed by atoms with Gasteiger partial charge in [-0.3, -0.25) is 4.79 Å². The fourth-order valence-electron chi connectivity index (χ4n) is 2.90. The maximum Gasteiger partial charge on any atom is 0.261 e. The van der Waals surface area contributed by atoms with Crippen molar-refractivity contribution in [3.8, 4) is 17.2 Å². The summed E-state index contributed by atoms with van der Waals surface area (Å²) in [4.78, 5) is 12.7. The molecule has 0 aliphatic carbocycles. The summed E-state index contributed by atoms with van der Waals surface area (Å²) >= 11 is 0. The minimum atomic E-state index is -0.621. The number of ether oxygens (including phenoxy) is 3. The molecule has 5 heteroatoms. The number of para-hydroxylation sites is 1. The molecule has 5 nitrogen and oxygen atoms in total. The topological polar surface area (TPSA) is 56.8 Å². The number of hydrogen-bond acceptors (Lipinski definition) is 4. The molecule has 0 saturated carbocycles. The van der Waals surface area contributed by atoms with Crippen LogP contribution in [0.25, 0.3) is 0 Å². The first kappa shape index (κ1) is 20.6. The van der Waals surface area contributed by atoms with Crippen molar-refractivity contribution in [1.82, 2.24) is 5.32 Å². The number of methoxy groups -OCH3 is 2. The highest BCUT2D eigenvalue weighted by Gasteiger charge is 2.21. The van der Waals surface area contributed by atoms with Crippen molar-refractivity contribution >= 4 is 5.91 Å². The molecule has 0 fully saturated rings. The molecule has 2 aromatic carbocycles. The van der Waals surface area contributed by atoms with Gasteiger partial charge in [0, 0.05) is 5.56 Å². The zero-order valence-corrected chi connectivity index (χ0v) is 16.9. The van der Waals surface area contributed by atoms with Crippen LogP contribution in [0.1, 0.15) is 50.8 Å². The van der Waals surface area contributed by atoms with Gasteiger partial charge in [0.05, 0.1) is 20.3 Å². The molecule has 0 spiro atoms. The number of amides is 1. The van der Waals surface area contributed by atoms with Gasteiger partial charge in [-0.15, -0.1) is 0 Å². The van der Waals surface area contributed by atoms with Gasteiger partial charge in [0.25, 0.3) is 5.91 Å². The van der Waals surface area contributed by atoms with E-state index in [2.05, 4.69) is 19.2 Å². The SMILES string of the molecule is COc1ccc(OC)c([C@H](C)NC(=O)[C@@H](C)Oc2ccccc2C(C)C)c1. The van der Waals surface area contributed by atoms with E-state index < -0.39 is 6.10 Å². The van der Waals surface area contributed by atoms with E-state index >= 15 is 0 Å². The molecule has 1 N–H and O–H groups in total. The molecule has 0 aromatic heterocycles. The molecule has 146 valence electrons. The van der Waals surface area contributed by atoms with Crippen LogP contribution in [-0.2, 0) is 4.79 Å². The molecule has 2 aromatic rings. The molecule has 0 unspecified atom stereocenters. The molecule has 0 aliphatic rings. The summed E-state index contributed by atoms with van der Waals surface area (Å²) < 4.78 is 16.6. The summed E-state index contributed by atoms with van der Waals surface area (Å²) in [5.74, 6) is 2.27. The molecular formula is C22H29NO4. The van der Waals surface area contributed by atoms with Crippen LogP contribution in [0, 0.1) is 0 Å². The number of benzene rings is 2. The largest absolute Gasteiger partial charge is 0.497 e. The number of carbonyl (C=O) groups excluding carboxylic acids is 1. The van der Waals surface area contributed by atoms with E-state index in [1.807, 2.05) is 49.4 Å². The predicted molar refractivity (Wildman–Crippen MR) is 107 cm³/mol. The van der Waals surface area contributed by atoms with Gasteiger partial charge >= 0.3 is 0 Å². The highest BCUT2D eigenvalue weighted by atomic mass is 16.5. The Bertz CT molecular complexity index is 773. The molecule has 2 rings (SSSR count). The van der Waals surface area contributed by atoms with Crippen molar-refractivity contribution in [2.75, 3.05) is 14.2 Å². The first-order chi connectivity index (χ1) is 12.9. The smallest absolute Gasteiger partial charge is 0.261 e. The second kappa shape index (κ2) is 9.31. The van der Waals surface area contributed by atoms with Crippen LogP contribution in [0.5, 0.6) is 17.2 Å². The highest BCUT2D eigenvalue weighted by Crippen LogP contribution is 2.30. The molecule has 2 atom stereocenters. The van der Waals surface area contributed by atoms with Crippen LogP contribution in [0.3, 0.4) is 0 Å². The van der Waals surface area contributed by atoms with E-state index in [0.29, 0.717) is 17.4 Å². The summed E-state index contributed by atoms with van der Waals surface area (Å²) in [6.45, 7) is 7.86. The van der Waals surface area contributed by atoms with Crippen LogP contribution < -0.4 is 19.5 Å². The number of carbonyl (C=O) groups is 1. The van der Waals surface area contributed by atoms with Crippen molar-refractivity contribution in [3.05, 3.63) is 53.6 Å². The van der Waals surface area contributed by atoms with Crippen molar-refractivity contribution in [1.29, 1.82) is 0 Å². The molecule has 0 heterocycles. The number of nitrogens with one attached hydrogen (secondary N) is 1. The molecule has 27 heavy (non-hydrogen) atoms. The Morgan fingerprint density at radius 2 is 1.59 bits per heavy atom. The Kier molecular flexibility index (Phi) is 7.11. The lowest BCUT2D eigenvalue weighted by atomic mass is 10.0. The van der Waals surface area contributed by atoms with Gasteiger partial charge in [0.1, 0.15) is 17.2 Å². The second-order valence-electron chi connectivity index (χ2n) is 6.79. The summed E-state index contributed by atoms with van der Waals surface area (Å²) in [6.07, 6.45) is -0.621. The van der Waals surface area contributed by atoms with E-state index in [9.17, 15) is 4.79 Å². The van der Waals surface area contributed by atoms with E-state index in [4.69, 9.17) is 14.2 Å². The first-order valence-electron chi connectivity index (χ1n) is 9.15. The van der Waals surface area contributed by atoms with Gasteiger partial charge in [0.2, 0.25) is 0 Å². The van der Waals surface area contributed by atoms with Gasteiger partial charge in [-0.25, -0.2) is 0 Å². The summed E-state index contributed by atoms with van der Waals surface area (Å²) in [5, 5.41) is 2.99. The lowest BCUT2D eigenvalue weighted by Gasteiger charge is -2.22. The number of rotatable bonds is 8. The van der Waals surface area contributed by atoms with E-state index in [0.717, 1.165) is 16.9 Å². The molecular weight excluding hydrogens is 342 g/mol. The minimum absolute atomic E-state index is 0.189. The number of hydrogen-bond donors (Lipinski definition) is 1.